The second kappa shape index (κ2) is 4.25. The van der Waals surface area contributed by atoms with Gasteiger partial charge in [0, 0.05) is 11.0 Å². The molecule has 2 nitrogen and oxygen atoms in total. The van der Waals surface area contributed by atoms with Crippen molar-refractivity contribution in [1.29, 1.82) is 0 Å². The Morgan fingerprint density at radius 3 is 1.89 bits per heavy atom. The fourth-order valence-corrected chi connectivity index (χ4v) is 1.90. The first-order chi connectivity index (χ1) is 8.57. The molecular formula is C13H16BF3O2. The average molecular weight is 272 g/mol. The summed E-state index contributed by atoms with van der Waals surface area (Å²) in [6.45, 7) is 8.40. The zero-order chi connectivity index (χ0) is 14.6. The quantitative estimate of drug-likeness (QED) is 0.578. The van der Waals surface area contributed by atoms with Crippen LogP contribution in [0.5, 0.6) is 0 Å². The predicted molar refractivity (Wildman–Crippen MR) is 66.8 cm³/mol. The van der Waals surface area contributed by atoms with E-state index in [1.54, 1.807) is 27.7 Å². The zero-order valence-corrected chi connectivity index (χ0v) is 11.6. The maximum atomic E-state index is 14.0. The Bertz CT molecular complexity index is 513. The molecule has 0 amide bonds. The maximum Gasteiger partial charge on any atom is 0.497 e. The van der Waals surface area contributed by atoms with Gasteiger partial charge in [-0.15, -0.1) is 0 Å². The van der Waals surface area contributed by atoms with Gasteiger partial charge in [0.1, 0.15) is 5.82 Å². The lowest BCUT2D eigenvalue weighted by atomic mass is 9.77. The Labute approximate surface area is 111 Å². The molecule has 1 heterocycles. The molecule has 1 aromatic rings. The third-order valence-electron chi connectivity index (χ3n) is 3.91. The summed E-state index contributed by atoms with van der Waals surface area (Å²) in [7, 11) is -1.04. The van der Waals surface area contributed by atoms with Crippen molar-refractivity contribution >= 4 is 12.6 Å². The van der Waals surface area contributed by atoms with Gasteiger partial charge in [0.05, 0.1) is 11.2 Å². The maximum absolute atomic E-state index is 14.0. The van der Waals surface area contributed by atoms with Crippen LogP contribution in [0.3, 0.4) is 0 Å². The second-order valence-electron chi connectivity index (χ2n) is 5.79. The molecule has 0 bridgehead atoms. The van der Waals surface area contributed by atoms with Crippen LogP contribution in [0.15, 0.2) is 6.07 Å². The van der Waals surface area contributed by atoms with Crippen LogP contribution in [0.1, 0.15) is 33.3 Å². The lowest BCUT2D eigenvalue weighted by Crippen LogP contribution is -2.41. The molecule has 0 aromatic heterocycles. The van der Waals surface area contributed by atoms with Crippen molar-refractivity contribution < 1.29 is 22.5 Å². The van der Waals surface area contributed by atoms with E-state index in [1.165, 1.54) is 6.92 Å². The highest BCUT2D eigenvalue weighted by atomic mass is 19.2. The molecule has 1 fully saturated rings. The highest BCUT2D eigenvalue weighted by molar-refractivity contribution is 6.62. The van der Waals surface area contributed by atoms with E-state index in [9.17, 15) is 13.2 Å². The molecule has 0 unspecified atom stereocenters. The molecule has 0 aliphatic carbocycles. The van der Waals surface area contributed by atoms with E-state index in [-0.39, 0.29) is 11.0 Å². The molecular weight excluding hydrogens is 256 g/mol. The minimum Gasteiger partial charge on any atom is -0.399 e. The Morgan fingerprint density at radius 1 is 0.947 bits per heavy atom. The number of rotatable bonds is 1. The first-order valence-electron chi connectivity index (χ1n) is 6.06. The lowest BCUT2D eigenvalue weighted by molar-refractivity contribution is 0.00578. The van der Waals surface area contributed by atoms with Gasteiger partial charge in [-0.25, -0.2) is 13.2 Å². The molecule has 0 saturated carbocycles. The van der Waals surface area contributed by atoms with Crippen LogP contribution in [-0.4, -0.2) is 18.3 Å². The summed E-state index contributed by atoms with van der Waals surface area (Å²) in [5, 5.41) is 0. The van der Waals surface area contributed by atoms with Crippen LogP contribution >= 0.6 is 0 Å². The summed E-state index contributed by atoms with van der Waals surface area (Å²) >= 11 is 0. The van der Waals surface area contributed by atoms with Gasteiger partial charge in [-0.1, -0.05) is 0 Å². The largest absolute Gasteiger partial charge is 0.497 e. The van der Waals surface area contributed by atoms with Crippen LogP contribution in [0.2, 0.25) is 0 Å². The van der Waals surface area contributed by atoms with E-state index < -0.39 is 35.8 Å². The lowest BCUT2D eigenvalue weighted by Gasteiger charge is -2.32. The van der Waals surface area contributed by atoms with Crippen LogP contribution in [0.25, 0.3) is 0 Å². The minimum atomic E-state index is -1.18. The molecule has 1 aliphatic heterocycles. The highest BCUT2D eigenvalue weighted by Gasteiger charge is 2.52. The first-order valence-corrected chi connectivity index (χ1v) is 6.06. The normalized spacial score (nSPS) is 20.9. The van der Waals surface area contributed by atoms with Crippen LogP contribution in [0, 0.1) is 24.4 Å². The van der Waals surface area contributed by atoms with Gasteiger partial charge in [-0.2, -0.15) is 0 Å². The van der Waals surface area contributed by atoms with Crippen molar-refractivity contribution in [2.45, 2.75) is 45.8 Å². The predicted octanol–water partition coefficient (Wildman–Crippen LogP) is 2.71. The van der Waals surface area contributed by atoms with E-state index in [0.717, 1.165) is 6.07 Å². The molecule has 1 aliphatic rings. The van der Waals surface area contributed by atoms with Gasteiger partial charge in [0.15, 0.2) is 11.6 Å². The van der Waals surface area contributed by atoms with Gasteiger partial charge >= 0.3 is 7.12 Å². The molecule has 0 radical (unpaired) electrons. The standard InChI is InChI=1S/C13H16BF3O2/c1-7-10(16)8(6-9(15)11(7)17)14-18-12(2,3)13(4,5)19-14/h6H,1-5H3. The number of hydrogen-bond donors (Lipinski definition) is 0. The highest BCUT2D eigenvalue weighted by Crippen LogP contribution is 2.36. The van der Waals surface area contributed by atoms with Crippen LogP contribution < -0.4 is 5.46 Å². The van der Waals surface area contributed by atoms with Crippen LogP contribution in [0.4, 0.5) is 13.2 Å². The topological polar surface area (TPSA) is 18.5 Å². The second-order valence-corrected chi connectivity index (χ2v) is 5.79. The van der Waals surface area contributed by atoms with E-state index in [4.69, 9.17) is 9.31 Å². The molecule has 2 rings (SSSR count). The van der Waals surface area contributed by atoms with Crippen LogP contribution in [-0.2, 0) is 9.31 Å². The molecule has 0 atom stereocenters. The average Bonchev–Trinajstić information content (AvgIpc) is 2.50. The molecule has 104 valence electrons. The van der Waals surface area contributed by atoms with E-state index in [2.05, 4.69) is 0 Å². The summed E-state index contributed by atoms with van der Waals surface area (Å²) in [4.78, 5) is 0. The summed E-state index contributed by atoms with van der Waals surface area (Å²) in [6, 6.07) is 0.791. The smallest absolute Gasteiger partial charge is 0.399 e. The van der Waals surface area contributed by atoms with Crippen molar-refractivity contribution in [1.82, 2.24) is 0 Å². The zero-order valence-electron chi connectivity index (χ0n) is 11.6. The van der Waals surface area contributed by atoms with Gasteiger partial charge in [0.25, 0.3) is 0 Å². The van der Waals surface area contributed by atoms with Gasteiger partial charge in [-0.05, 0) is 40.7 Å². The molecule has 1 aromatic carbocycles. The van der Waals surface area contributed by atoms with Crippen molar-refractivity contribution in [3.8, 4) is 0 Å². The fraction of sp³-hybridized carbons (Fsp3) is 0.538. The third kappa shape index (κ3) is 2.17. The third-order valence-corrected chi connectivity index (χ3v) is 3.91. The van der Waals surface area contributed by atoms with Gasteiger partial charge < -0.3 is 9.31 Å². The molecule has 6 heteroatoms. The summed E-state index contributed by atoms with van der Waals surface area (Å²) in [5.74, 6) is -3.13. The van der Waals surface area contributed by atoms with E-state index in [0.29, 0.717) is 0 Å². The van der Waals surface area contributed by atoms with Crippen molar-refractivity contribution in [2.24, 2.45) is 0 Å². The van der Waals surface area contributed by atoms with Crippen molar-refractivity contribution in [3.05, 3.63) is 29.1 Å². The molecule has 0 spiro atoms. The van der Waals surface area contributed by atoms with Crippen molar-refractivity contribution in [2.75, 3.05) is 0 Å². The molecule has 19 heavy (non-hydrogen) atoms. The Hall–Kier alpha value is -1.01. The summed E-state index contributed by atoms with van der Waals surface area (Å²) < 4.78 is 52.0. The van der Waals surface area contributed by atoms with Gasteiger partial charge in [0.2, 0.25) is 0 Å². The van der Waals surface area contributed by atoms with E-state index in [1.807, 2.05) is 0 Å². The molecule has 0 N–H and O–H groups in total. The minimum absolute atomic E-state index is 0.116. The monoisotopic (exact) mass is 272 g/mol. The number of halogens is 3. The number of benzene rings is 1. The van der Waals surface area contributed by atoms with E-state index >= 15 is 0 Å². The van der Waals surface area contributed by atoms with Crippen molar-refractivity contribution in [3.63, 3.8) is 0 Å². The number of hydrogen-bond acceptors (Lipinski definition) is 2. The Balaban J connectivity index is 2.46. The molecule has 1 saturated heterocycles. The Kier molecular flexibility index (Phi) is 3.22. The fourth-order valence-electron chi connectivity index (χ4n) is 1.90. The Morgan fingerprint density at radius 2 is 1.42 bits per heavy atom. The summed E-state index contributed by atoms with van der Waals surface area (Å²) in [6.07, 6.45) is 0. The first kappa shape index (κ1) is 14.4. The SMILES string of the molecule is Cc1c(F)c(F)cc(B2OC(C)(C)C(C)(C)O2)c1F. The summed E-state index contributed by atoms with van der Waals surface area (Å²) in [5.41, 5.74) is -1.81. The van der Waals surface area contributed by atoms with Gasteiger partial charge in [-0.3, -0.25) is 0 Å².